The smallest absolute Gasteiger partial charge is 0.290 e. The van der Waals surface area contributed by atoms with E-state index in [-0.39, 0.29) is 39.4 Å². The number of aryl methyl sites for hydroxylation is 1. The van der Waals surface area contributed by atoms with Crippen LogP contribution in [0.15, 0.2) is 10.1 Å². The first-order valence-corrected chi connectivity index (χ1v) is 3.05. The van der Waals surface area contributed by atoms with Crippen LogP contribution in [0, 0.1) is 13.1 Å². The Morgan fingerprint density at radius 1 is 1.75 bits per heavy atom. The van der Waals surface area contributed by atoms with Gasteiger partial charge in [0.1, 0.15) is 0 Å². The molecule has 1 aromatic rings. The molecule has 12 heavy (non-hydrogen) atoms. The van der Waals surface area contributed by atoms with E-state index in [1.54, 1.807) is 0 Å². The maximum Gasteiger partial charge on any atom is 0.290 e. The molecule has 0 amide bonds. The zero-order valence-corrected chi connectivity index (χ0v) is 9.57. The maximum atomic E-state index is 5.33. The summed E-state index contributed by atoms with van der Waals surface area (Å²) < 4.78 is 1.46. The Bertz CT molecular complexity index is 271. The van der Waals surface area contributed by atoms with Crippen LogP contribution < -0.4 is 5.73 Å². The van der Waals surface area contributed by atoms with Crippen LogP contribution in [-0.2, 0) is 39.4 Å². The van der Waals surface area contributed by atoms with Gasteiger partial charge in [0.25, 0.3) is 7.98 Å². The van der Waals surface area contributed by atoms with Crippen LogP contribution in [-0.4, -0.2) is 17.8 Å². The quantitative estimate of drug-likeness (QED) is 0.449. The monoisotopic (exact) mass is 237 g/mol. The van der Waals surface area contributed by atoms with Crippen molar-refractivity contribution in [3.63, 3.8) is 0 Å². The van der Waals surface area contributed by atoms with E-state index >= 15 is 0 Å². The van der Waals surface area contributed by atoms with Crippen molar-refractivity contribution >= 4 is 13.8 Å². The molecule has 5 nitrogen and oxygen atoms in total. The Balaban J connectivity index is 0.00000121. The zero-order chi connectivity index (χ0) is 8.27. The van der Waals surface area contributed by atoms with Gasteiger partial charge in [0.05, 0.1) is 6.67 Å². The summed E-state index contributed by atoms with van der Waals surface area (Å²) in [5, 5.41) is 10.6. The number of nitrogens with zero attached hydrogens (tertiary/aromatic N) is 4. The fourth-order valence-electron chi connectivity index (χ4n) is 0.735. The van der Waals surface area contributed by atoms with Gasteiger partial charge in [-0.3, -0.25) is 10.1 Å². The normalized spacial score (nSPS) is 10.2. The van der Waals surface area contributed by atoms with Crippen molar-refractivity contribution in [3.8, 4) is 0 Å². The molecule has 2 N–H and O–H groups in total. The molecule has 0 saturated carbocycles. The van der Waals surface area contributed by atoms with E-state index in [2.05, 4.69) is 21.4 Å². The minimum atomic E-state index is 0. The SMILES string of the molecule is [B]N=Nc1c(C)[c-]nn1CN.[Y]. The molecule has 0 unspecified atom stereocenters. The Kier molecular flexibility index (Phi) is 5.53. The van der Waals surface area contributed by atoms with Gasteiger partial charge in [0, 0.05) is 38.5 Å². The largest absolute Gasteiger partial charge is 0.329 e. The first-order valence-electron chi connectivity index (χ1n) is 3.05. The molecule has 59 valence electrons. The van der Waals surface area contributed by atoms with Gasteiger partial charge in [-0.05, 0) is 0 Å². The summed E-state index contributed by atoms with van der Waals surface area (Å²) in [6.07, 6.45) is 2.70. The summed E-state index contributed by atoms with van der Waals surface area (Å²) in [4.78, 5) is 0. The van der Waals surface area contributed by atoms with Gasteiger partial charge in [0.2, 0.25) is 0 Å². The molecule has 0 aromatic carbocycles. The van der Waals surface area contributed by atoms with Crippen LogP contribution in [0.4, 0.5) is 5.82 Å². The Labute approximate surface area is 97.1 Å². The molecule has 1 rings (SSSR count). The Morgan fingerprint density at radius 3 is 2.92 bits per heavy atom. The van der Waals surface area contributed by atoms with Gasteiger partial charge >= 0.3 is 0 Å². The van der Waals surface area contributed by atoms with Crippen LogP contribution in [0.2, 0.25) is 0 Å². The molecule has 0 fully saturated rings. The van der Waals surface area contributed by atoms with Crippen LogP contribution in [0.5, 0.6) is 0 Å². The first kappa shape index (κ1) is 11.9. The first-order chi connectivity index (χ1) is 5.29. The minimum absolute atomic E-state index is 0. The molecule has 0 bridgehead atoms. The number of nitrogens with two attached hydrogens (primary N) is 1. The molecule has 1 heterocycles. The average Bonchev–Trinajstić information content (AvgIpc) is 2.34. The van der Waals surface area contributed by atoms with Gasteiger partial charge in [-0.1, -0.05) is 6.92 Å². The second-order valence-electron chi connectivity index (χ2n) is 1.96. The predicted molar refractivity (Wildman–Crippen MR) is 40.3 cm³/mol. The third-order valence-corrected chi connectivity index (χ3v) is 1.24. The summed E-state index contributed by atoms with van der Waals surface area (Å²) in [7, 11) is 4.87. The van der Waals surface area contributed by atoms with Crippen molar-refractivity contribution in [1.82, 2.24) is 9.78 Å². The summed E-state index contributed by atoms with van der Waals surface area (Å²) in [5.41, 5.74) is 6.11. The van der Waals surface area contributed by atoms with Crippen LogP contribution in [0.25, 0.3) is 0 Å². The molecule has 0 atom stereocenters. The molecule has 0 aliphatic rings. The van der Waals surface area contributed by atoms with E-state index in [1.165, 1.54) is 4.68 Å². The van der Waals surface area contributed by atoms with Crippen LogP contribution >= 0.6 is 0 Å². The minimum Gasteiger partial charge on any atom is -0.329 e. The van der Waals surface area contributed by atoms with E-state index in [0.29, 0.717) is 5.82 Å². The molecule has 0 saturated heterocycles. The van der Waals surface area contributed by atoms with Crippen LogP contribution in [0.3, 0.4) is 0 Å². The fourth-order valence-corrected chi connectivity index (χ4v) is 0.735. The van der Waals surface area contributed by atoms with Crippen molar-refractivity contribution in [1.29, 1.82) is 0 Å². The molecular weight excluding hydrogens is 230 g/mol. The number of hydrogen-bond donors (Lipinski definition) is 1. The molecular formula is C5H7BN5Y-. The second kappa shape index (κ2) is 5.56. The third kappa shape index (κ3) is 2.47. The van der Waals surface area contributed by atoms with Gasteiger partial charge in [-0.25, -0.2) is 0 Å². The summed E-state index contributed by atoms with van der Waals surface area (Å²) in [6, 6.07) is 0. The average molecular weight is 237 g/mol. The van der Waals surface area contributed by atoms with E-state index in [9.17, 15) is 0 Å². The number of aromatic nitrogens is 2. The van der Waals surface area contributed by atoms with E-state index in [0.717, 1.165) is 5.56 Å². The molecule has 0 spiro atoms. The maximum absolute atomic E-state index is 5.33. The topological polar surface area (TPSA) is 68.6 Å². The van der Waals surface area contributed by atoms with Gasteiger partial charge < -0.3 is 15.5 Å². The molecule has 3 radical (unpaired) electrons. The van der Waals surface area contributed by atoms with E-state index in [1.807, 2.05) is 6.92 Å². The van der Waals surface area contributed by atoms with Gasteiger partial charge in [-0.15, -0.1) is 6.20 Å². The van der Waals surface area contributed by atoms with Crippen molar-refractivity contribution < 1.29 is 32.7 Å². The zero-order valence-electron chi connectivity index (χ0n) is 6.73. The van der Waals surface area contributed by atoms with Crippen molar-refractivity contribution in [2.45, 2.75) is 13.6 Å². The molecule has 7 heteroatoms. The number of rotatable bonds is 2. The molecule has 1 aromatic heterocycles. The van der Waals surface area contributed by atoms with Crippen molar-refractivity contribution in [2.75, 3.05) is 0 Å². The van der Waals surface area contributed by atoms with Gasteiger partial charge in [0.15, 0.2) is 0 Å². The van der Waals surface area contributed by atoms with E-state index < -0.39 is 0 Å². The Hall–Kier alpha value is -0.0612. The van der Waals surface area contributed by atoms with E-state index in [4.69, 9.17) is 13.7 Å². The number of hydrogen-bond acceptors (Lipinski definition) is 4. The third-order valence-electron chi connectivity index (χ3n) is 1.24. The molecule has 0 aliphatic heterocycles. The predicted octanol–water partition coefficient (Wildman–Crippen LogP) is 0.0726. The van der Waals surface area contributed by atoms with Crippen molar-refractivity contribution in [2.24, 2.45) is 15.9 Å². The van der Waals surface area contributed by atoms with Crippen molar-refractivity contribution in [3.05, 3.63) is 11.8 Å². The second-order valence-corrected chi connectivity index (χ2v) is 1.96. The summed E-state index contributed by atoms with van der Waals surface area (Å²) in [5.74, 6) is 0.551. The summed E-state index contributed by atoms with van der Waals surface area (Å²) in [6.45, 7) is 2.06. The van der Waals surface area contributed by atoms with Crippen LogP contribution in [0.1, 0.15) is 5.56 Å². The van der Waals surface area contributed by atoms with Gasteiger partial charge in [-0.2, -0.15) is 5.56 Å². The Morgan fingerprint density at radius 2 is 2.42 bits per heavy atom. The standard InChI is InChI=1S/C5H7BN5.Y/c1-4-2-8-11(3-7)5(4)9-10-6;/h3,7H2,1H3;/q-1;. The summed E-state index contributed by atoms with van der Waals surface area (Å²) >= 11 is 0. The fraction of sp³-hybridized carbons (Fsp3) is 0.400. The molecule has 0 aliphatic carbocycles.